The van der Waals surface area contributed by atoms with Crippen molar-refractivity contribution in [3.63, 3.8) is 0 Å². The molecule has 0 spiro atoms. The van der Waals surface area contributed by atoms with Crippen molar-refractivity contribution >= 4 is 0 Å². The van der Waals surface area contributed by atoms with Crippen LogP contribution in [0, 0.1) is 23.3 Å². The summed E-state index contributed by atoms with van der Waals surface area (Å²) in [6, 6.07) is 18.3. The fourth-order valence-electron chi connectivity index (χ4n) is 3.52. The van der Waals surface area contributed by atoms with Gasteiger partial charge in [-0.3, -0.25) is 0 Å². The molecule has 3 nitrogen and oxygen atoms in total. The number of halogens is 4. The summed E-state index contributed by atoms with van der Waals surface area (Å²) in [5.74, 6) is -3.97. The lowest BCUT2D eigenvalue weighted by Crippen LogP contribution is -2.02. The first-order chi connectivity index (χ1) is 16.4. The van der Waals surface area contributed by atoms with Gasteiger partial charge in [-0.1, -0.05) is 48.5 Å². The SMILES string of the molecule is COc1ccc(COc2ccc(-c3ccc(-c4ccc(CO)cc4)c(F)c3F)cc2)c(F)c1F. The first-order valence-corrected chi connectivity index (χ1v) is 10.3. The molecule has 7 heteroatoms. The van der Waals surface area contributed by atoms with Gasteiger partial charge < -0.3 is 14.6 Å². The van der Waals surface area contributed by atoms with E-state index in [1.54, 1.807) is 36.4 Å². The van der Waals surface area contributed by atoms with E-state index in [4.69, 9.17) is 14.6 Å². The van der Waals surface area contributed by atoms with Gasteiger partial charge in [-0.2, -0.15) is 4.39 Å². The topological polar surface area (TPSA) is 38.7 Å². The monoisotopic (exact) mass is 468 g/mol. The van der Waals surface area contributed by atoms with E-state index < -0.39 is 23.3 Å². The van der Waals surface area contributed by atoms with Crippen LogP contribution in [0.25, 0.3) is 22.3 Å². The van der Waals surface area contributed by atoms with Crippen LogP contribution in [0.2, 0.25) is 0 Å². The van der Waals surface area contributed by atoms with Gasteiger partial charge in [0.15, 0.2) is 23.2 Å². The Morgan fingerprint density at radius 3 is 1.74 bits per heavy atom. The molecule has 0 radical (unpaired) electrons. The second kappa shape index (κ2) is 9.97. The molecule has 0 aliphatic carbocycles. The van der Waals surface area contributed by atoms with E-state index in [0.717, 1.165) is 0 Å². The molecule has 1 N–H and O–H groups in total. The molecule has 0 atom stereocenters. The first-order valence-electron chi connectivity index (χ1n) is 10.3. The predicted octanol–water partition coefficient (Wildman–Crippen LogP) is 6.66. The highest BCUT2D eigenvalue weighted by molar-refractivity contribution is 5.72. The second-order valence-electron chi connectivity index (χ2n) is 7.51. The van der Waals surface area contributed by atoms with Crippen molar-refractivity contribution in [3.05, 3.63) is 107 Å². The van der Waals surface area contributed by atoms with Crippen LogP contribution in [-0.2, 0) is 13.2 Å². The van der Waals surface area contributed by atoms with Crippen LogP contribution in [0.3, 0.4) is 0 Å². The maximum atomic E-state index is 14.9. The normalized spacial score (nSPS) is 10.9. The summed E-state index contributed by atoms with van der Waals surface area (Å²) >= 11 is 0. The highest BCUT2D eigenvalue weighted by Crippen LogP contribution is 2.32. The Kier molecular flexibility index (Phi) is 6.84. The number of aliphatic hydroxyl groups is 1. The summed E-state index contributed by atoms with van der Waals surface area (Å²) in [5, 5.41) is 9.13. The number of benzene rings is 4. The van der Waals surface area contributed by atoms with Gasteiger partial charge in [0.25, 0.3) is 0 Å². The van der Waals surface area contributed by atoms with Crippen LogP contribution in [0.15, 0.2) is 72.8 Å². The average molecular weight is 468 g/mol. The van der Waals surface area contributed by atoms with E-state index in [1.165, 1.54) is 43.5 Å². The van der Waals surface area contributed by atoms with Crippen molar-refractivity contribution in [1.29, 1.82) is 0 Å². The van der Waals surface area contributed by atoms with E-state index in [2.05, 4.69) is 0 Å². The molecule has 34 heavy (non-hydrogen) atoms. The molecule has 0 saturated heterocycles. The summed E-state index contributed by atoms with van der Waals surface area (Å²) in [7, 11) is 1.24. The molecule has 0 aliphatic heterocycles. The lowest BCUT2D eigenvalue weighted by molar-refractivity contribution is 0.282. The molecule has 0 unspecified atom stereocenters. The van der Waals surface area contributed by atoms with Crippen molar-refractivity contribution in [2.45, 2.75) is 13.2 Å². The molecule has 4 aromatic carbocycles. The number of hydrogen-bond acceptors (Lipinski definition) is 3. The van der Waals surface area contributed by atoms with Crippen LogP contribution in [0.4, 0.5) is 17.6 Å². The number of rotatable bonds is 7. The molecule has 0 bridgehead atoms. The zero-order valence-electron chi connectivity index (χ0n) is 18.1. The minimum absolute atomic E-state index is 0.0121. The Morgan fingerprint density at radius 2 is 1.21 bits per heavy atom. The molecule has 0 amide bonds. The van der Waals surface area contributed by atoms with Crippen LogP contribution in [0.5, 0.6) is 11.5 Å². The van der Waals surface area contributed by atoms with Crippen molar-refractivity contribution in [1.82, 2.24) is 0 Å². The average Bonchev–Trinajstić information content (AvgIpc) is 2.87. The van der Waals surface area contributed by atoms with Crippen LogP contribution in [0.1, 0.15) is 11.1 Å². The van der Waals surface area contributed by atoms with E-state index >= 15 is 0 Å². The minimum Gasteiger partial charge on any atom is -0.494 e. The summed E-state index contributed by atoms with van der Waals surface area (Å²) < 4.78 is 67.8. The zero-order valence-corrected chi connectivity index (χ0v) is 18.1. The Balaban J connectivity index is 1.51. The van der Waals surface area contributed by atoms with E-state index in [9.17, 15) is 17.6 Å². The summed E-state index contributed by atoms with van der Waals surface area (Å²) in [5.41, 5.74) is 1.78. The largest absolute Gasteiger partial charge is 0.494 e. The number of aliphatic hydroxyl groups excluding tert-OH is 1. The summed E-state index contributed by atoms with van der Waals surface area (Å²) in [4.78, 5) is 0. The molecule has 174 valence electrons. The molecule has 4 rings (SSSR count). The van der Waals surface area contributed by atoms with Gasteiger partial charge in [0, 0.05) is 16.7 Å². The third-order valence-corrected chi connectivity index (χ3v) is 5.44. The van der Waals surface area contributed by atoms with Gasteiger partial charge >= 0.3 is 0 Å². The van der Waals surface area contributed by atoms with Crippen LogP contribution < -0.4 is 9.47 Å². The molecular formula is C27H20F4O3. The molecular weight excluding hydrogens is 448 g/mol. The number of ether oxygens (including phenoxy) is 2. The Bertz CT molecular complexity index is 1300. The first kappa shape index (κ1) is 23.3. The van der Waals surface area contributed by atoms with Crippen LogP contribution in [-0.4, -0.2) is 12.2 Å². The van der Waals surface area contributed by atoms with Crippen LogP contribution >= 0.6 is 0 Å². The van der Waals surface area contributed by atoms with Crippen molar-refractivity contribution in [2.24, 2.45) is 0 Å². The summed E-state index contributed by atoms with van der Waals surface area (Å²) in [6.07, 6.45) is 0. The molecule has 0 fully saturated rings. The van der Waals surface area contributed by atoms with Gasteiger partial charge in [0.2, 0.25) is 5.82 Å². The minimum atomic E-state index is -1.09. The Hall–Kier alpha value is -3.84. The third-order valence-electron chi connectivity index (χ3n) is 5.44. The lowest BCUT2D eigenvalue weighted by Gasteiger charge is -2.12. The van der Waals surface area contributed by atoms with Crippen molar-refractivity contribution < 1.29 is 32.1 Å². The van der Waals surface area contributed by atoms with Gasteiger partial charge in [0.05, 0.1) is 13.7 Å². The van der Waals surface area contributed by atoms with Gasteiger partial charge in [-0.05, 0) is 41.0 Å². The maximum Gasteiger partial charge on any atom is 0.201 e. The second-order valence-corrected chi connectivity index (χ2v) is 7.51. The van der Waals surface area contributed by atoms with Gasteiger partial charge in [0.1, 0.15) is 12.4 Å². The molecule has 4 aromatic rings. The highest BCUT2D eigenvalue weighted by Gasteiger charge is 2.17. The Labute approximate surface area is 193 Å². The molecule has 0 aliphatic rings. The number of hydrogen-bond donors (Lipinski definition) is 1. The van der Waals surface area contributed by atoms with Crippen molar-refractivity contribution in [3.8, 4) is 33.8 Å². The van der Waals surface area contributed by atoms with Crippen molar-refractivity contribution in [2.75, 3.05) is 7.11 Å². The van der Waals surface area contributed by atoms with E-state index in [0.29, 0.717) is 22.4 Å². The smallest absolute Gasteiger partial charge is 0.201 e. The van der Waals surface area contributed by atoms with E-state index in [1.807, 2.05) is 0 Å². The molecule has 0 saturated carbocycles. The van der Waals surface area contributed by atoms with Gasteiger partial charge in [-0.15, -0.1) is 0 Å². The van der Waals surface area contributed by atoms with Gasteiger partial charge in [-0.25, -0.2) is 13.2 Å². The zero-order chi connectivity index (χ0) is 24.2. The Morgan fingerprint density at radius 1 is 0.647 bits per heavy atom. The predicted molar refractivity (Wildman–Crippen MR) is 120 cm³/mol. The standard InChI is InChI=1S/C27H20F4O3/c1-33-23-13-8-19(24(28)27(23)31)15-34-20-9-6-18(7-10-20)22-12-11-21(25(29)26(22)30)17-4-2-16(14-32)3-5-17/h2-13,32H,14-15H2,1H3. The summed E-state index contributed by atoms with van der Waals surface area (Å²) in [6.45, 7) is -0.361. The highest BCUT2D eigenvalue weighted by atomic mass is 19.2. The fraction of sp³-hybridized carbons (Fsp3) is 0.111. The third kappa shape index (κ3) is 4.61. The molecule has 0 heterocycles. The quantitative estimate of drug-likeness (QED) is 0.309. The van der Waals surface area contributed by atoms with E-state index in [-0.39, 0.29) is 35.7 Å². The number of methoxy groups -OCH3 is 1. The lowest BCUT2D eigenvalue weighted by atomic mass is 9.98. The maximum absolute atomic E-state index is 14.9. The fourth-order valence-corrected chi connectivity index (χ4v) is 3.52. The molecule has 0 aromatic heterocycles.